The first-order valence-corrected chi connectivity index (χ1v) is 6.67. The zero-order valence-electron chi connectivity index (χ0n) is 11.8. The molecule has 0 spiro atoms. The first-order valence-electron chi connectivity index (χ1n) is 6.67. The van der Waals surface area contributed by atoms with E-state index in [1.54, 1.807) is 12.3 Å². The summed E-state index contributed by atoms with van der Waals surface area (Å²) in [7, 11) is 1.89. The first kappa shape index (κ1) is 12.9. The van der Waals surface area contributed by atoms with Gasteiger partial charge in [0.1, 0.15) is 0 Å². The van der Waals surface area contributed by atoms with Crippen LogP contribution >= 0.6 is 0 Å². The van der Waals surface area contributed by atoms with E-state index in [4.69, 9.17) is 0 Å². The Kier molecular flexibility index (Phi) is 3.06. The van der Waals surface area contributed by atoms with Crippen LogP contribution in [0, 0.1) is 13.3 Å². The minimum atomic E-state index is 0.0740. The molecule has 2 aliphatic rings. The Bertz CT molecular complexity index is 646. The van der Waals surface area contributed by atoms with Crippen LogP contribution in [-0.4, -0.2) is 17.8 Å². The number of fused-ring (bicyclic) bond motifs is 1. The SMILES string of the molecule is CCC1=C(C(=O)/C=C/c2cnc3c(c2C)NNN3C)[CH]1. The first-order chi connectivity index (χ1) is 9.61. The molecule has 0 aromatic carbocycles. The van der Waals surface area contributed by atoms with Crippen molar-refractivity contribution in [2.75, 3.05) is 17.5 Å². The molecule has 2 N–H and O–H groups in total. The highest BCUT2D eigenvalue weighted by Crippen LogP contribution is 2.34. The number of hydrogen-bond acceptors (Lipinski definition) is 5. The third-order valence-corrected chi connectivity index (χ3v) is 3.67. The number of nitrogens with zero attached hydrogens (tertiary/aromatic N) is 2. The molecule has 1 aromatic rings. The van der Waals surface area contributed by atoms with Crippen molar-refractivity contribution in [2.24, 2.45) is 0 Å². The lowest BCUT2D eigenvalue weighted by Gasteiger charge is -2.08. The van der Waals surface area contributed by atoms with Crippen molar-refractivity contribution in [1.29, 1.82) is 0 Å². The Hall–Kier alpha value is -2.14. The van der Waals surface area contributed by atoms with E-state index in [0.29, 0.717) is 0 Å². The van der Waals surface area contributed by atoms with Crippen LogP contribution in [0.4, 0.5) is 11.5 Å². The van der Waals surface area contributed by atoms with Gasteiger partial charge in [-0.3, -0.25) is 15.2 Å². The van der Waals surface area contributed by atoms with Crippen LogP contribution in [0.25, 0.3) is 6.08 Å². The van der Waals surface area contributed by atoms with Crippen molar-refractivity contribution in [3.05, 3.63) is 41.0 Å². The Balaban J connectivity index is 1.82. The van der Waals surface area contributed by atoms with Gasteiger partial charge in [0.15, 0.2) is 11.6 Å². The topological polar surface area (TPSA) is 57.3 Å². The summed E-state index contributed by atoms with van der Waals surface area (Å²) in [6.07, 6.45) is 8.11. The van der Waals surface area contributed by atoms with E-state index in [2.05, 4.69) is 22.9 Å². The van der Waals surface area contributed by atoms with Gasteiger partial charge < -0.3 is 0 Å². The van der Waals surface area contributed by atoms with Crippen LogP contribution in [0.1, 0.15) is 24.5 Å². The molecule has 2 heterocycles. The van der Waals surface area contributed by atoms with Crippen molar-refractivity contribution >= 4 is 23.4 Å². The molecule has 0 saturated carbocycles. The van der Waals surface area contributed by atoms with Gasteiger partial charge in [0.05, 0.1) is 5.69 Å². The van der Waals surface area contributed by atoms with Gasteiger partial charge in [0, 0.05) is 25.2 Å². The number of anilines is 2. The maximum Gasteiger partial charge on any atom is 0.182 e. The number of carbonyl (C=O) groups excluding carboxylic acids is 1. The minimum Gasteiger partial charge on any atom is -0.300 e. The second-order valence-corrected chi connectivity index (χ2v) is 4.97. The molecule has 5 heteroatoms. The number of rotatable bonds is 4. The van der Waals surface area contributed by atoms with Crippen LogP contribution in [0.3, 0.4) is 0 Å². The lowest BCUT2D eigenvalue weighted by atomic mass is 10.1. The zero-order chi connectivity index (χ0) is 14.3. The molecule has 0 bridgehead atoms. The molecule has 1 aliphatic heterocycles. The van der Waals surface area contributed by atoms with Crippen molar-refractivity contribution in [1.82, 2.24) is 10.5 Å². The number of pyridine rings is 1. The van der Waals surface area contributed by atoms with E-state index < -0.39 is 0 Å². The van der Waals surface area contributed by atoms with Crippen LogP contribution < -0.4 is 16.0 Å². The average Bonchev–Trinajstić information content (AvgIpc) is 3.15. The van der Waals surface area contributed by atoms with Gasteiger partial charge in [0.25, 0.3) is 0 Å². The summed E-state index contributed by atoms with van der Waals surface area (Å²) in [6.45, 7) is 4.07. The normalized spacial score (nSPS) is 16.6. The van der Waals surface area contributed by atoms with Crippen LogP contribution in [0.15, 0.2) is 23.4 Å². The van der Waals surface area contributed by atoms with Crippen molar-refractivity contribution in [2.45, 2.75) is 20.3 Å². The highest BCUT2D eigenvalue weighted by molar-refractivity contribution is 6.13. The Labute approximate surface area is 118 Å². The van der Waals surface area contributed by atoms with Gasteiger partial charge in [0.2, 0.25) is 0 Å². The standard InChI is InChI=1S/C15H17N4O/c1-4-10-7-12(10)13(20)6-5-11-8-16-15-14(9(11)2)17-18-19(15)3/h5-8,17-18H,4H2,1-3H3/b6-5+. The summed E-state index contributed by atoms with van der Waals surface area (Å²) in [5.41, 5.74) is 11.0. The number of hydrazine groups is 2. The summed E-state index contributed by atoms with van der Waals surface area (Å²) < 4.78 is 0. The maximum atomic E-state index is 11.9. The van der Waals surface area contributed by atoms with E-state index in [9.17, 15) is 4.79 Å². The van der Waals surface area contributed by atoms with E-state index in [1.165, 1.54) is 0 Å². The molecule has 5 nitrogen and oxygen atoms in total. The summed E-state index contributed by atoms with van der Waals surface area (Å²) in [4.78, 5) is 16.3. The summed E-state index contributed by atoms with van der Waals surface area (Å²) in [5, 5.41) is 1.82. The minimum absolute atomic E-state index is 0.0740. The smallest absolute Gasteiger partial charge is 0.182 e. The van der Waals surface area contributed by atoms with Crippen molar-refractivity contribution < 1.29 is 4.79 Å². The Morgan fingerprint density at radius 2 is 2.30 bits per heavy atom. The molecule has 1 aliphatic carbocycles. The molecule has 0 atom stereocenters. The summed E-state index contributed by atoms with van der Waals surface area (Å²) in [6, 6.07) is 0. The lowest BCUT2D eigenvalue weighted by Crippen LogP contribution is -2.32. The van der Waals surface area contributed by atoms with Crippen molar-refractivity contribution in [3.8, 4) is 0 Å². The molecule has 20 heavy (non-hydrogen) atoms. The maximum absolute atomic E-state index is 11.9. The summed E-state index contributed by atoms with van der Waals surface area (Å²) in [5.74, 6) is 0.933. The third-order valence-electron chi connectivity index (χ3n) is 3.67. The van der Waals surface area contributed by atoms with Crippen LogP contribution in [0.5, 0.6) is 0 Å². The molecule has 3 rings (SSSR count). The molecule has 0 saturated heterocycles. The molecule has 0 fully saturated rings. The van der Waals surface area contributed by atoms with Crippen LogP contribution in [-0.2, 0) is 4.79 Å². The fourth-order valence-electron chi connectivity index (χ4n) is 2.28. The van der Waals surface area contributed by atoms with E-state index in [0.717, 1.165) is 40.2 Å². The number of carbonyl (C=O) groups is 1. The molecule has 103 valence electrons. The van der Waals surface area contributed by atoms with Gasteiger partial charge in [-0.1, -0.05) is 12.5 Å². The van der Waals surface area contributed by atoms with E-state index in [-0.39, 0.29) is 5.78 Å². The highest BCUT2D eigenvalue weighted by atomic mass is 16.1. The van der Waals surface area contributed by atoms with Crippen molar-refractivity contribution in [3.63, 3.8) is 0 Å². The number of hydrogen-bond donors (Lipinski definition) is 2. The number of nitrogens with one attached hydrogen (secondary N) is 2. The number of aromatic nitrogens is 1. The number of ketones is 1. The third kappa shape index (κ3) is 2.10. The predicted octanol–water partition coefficient (Wildman–Crippen LogP) is 2.18. The van der Waals surface area contributed by atoms with E-state index >= 15 is 0 Å². The van der Waals surface area contributed by atoms with Gasteiger partial charge in [-0.05, 0) is 36.6 Å². The predicted molar refractivity (Wildman–Crippen MR) is 79.8 cm³/mol. The average molecular weight is 269 g/mol. The lowest BCUT2D eigenvalue weighted by molar-refractivity contribution is -0.110. The van der Waals surface area contributed by atoms with E-state index in [1.807, 2.05) is 31.5 Å². The quantitative estimate of drug-likeness (QED) is 0.820. The molecule has 0 unspecified atom stereocenters. The fraction of sp³-hybridized carbons (Fsp3) is 0.267. The fourth-order valence-corrected chi connectivity index (χ4v) is 2.28. The monoisotopic (exact) mass is 269 g/mol. The number of allylic oxidation sites excluding steroid dienone is 3. The van der Waals surface area contributed by atoms with Gasteiger partial charge in [-0.25, -0.2) is 4.98 Å². The van der Waals surface area contributed by atoms with Crippen LogP contribution in [0.2, 0.25) is 0 Å². The Morgan fingerprint density at radius 3 is 3.00 bits per heavy atom. The zero-order valence-corrected chi connectivity index (χ0v) is 11.8. The second kappa shape index (κ2) is 4.76. The van der Waals surface area contributed by atoms with Gasteiger partial charge >= 0.3 is 0 Å². The molecular formula is C15H17N4O. The van der Waals surface area contributed by atoms with Gasteiger partial charge in [-0.2, -0.15) is 0 Å². The molecule has 1 aromatic heterocycles. The largest absolute Gasteiger partial charge is 0.300 e. The highest BCUT2D eigenvalue weighted by Gasteiger charge is 2.25. The van der Waals surface area contributed by atoms with Gasteiger partial charge in [-0.15, -0.1) is 5.53 Å². The Morgan fingerprint density at radius 1 is 1.50 bits per heavy atom. The molecule has 1 radical (unpaired) electrons. The molecule has 0 amide bonds. The summed E-state index contributed by atoms with van der Waals surface area (Å²) >= 11 is 0. The molecular weight excluding hydrogens is 252 g/mol. The second-order valence-electron chi connectivity index (χ2n) is 4.97.